The zero-order chi connectivity index (χ0) is 18.7. The summed E-state index contributed by atoms with van der Waals surface area (Å²) >= 11 is 5.90. The van der Waals surface area contributed by atoms with Crippen LogP contribution in [0.5, 0.6) is 0 Å². The van der Waals surface area contributed by atoms with Crippen molar-refractivity contribution in [3.05, 3.63) is 70.1 Å². The van der Waals surface area contributed by atoms with E-state index in [1.165, 1.54) is 0 Å². The van der Waals surface area contributed by atoms with E-state index < -0.39 is 0 Å². The standard InChI is InChI=1S/C20H20ClN3O2/c1-4-24(20(25)17-11-13(2)5-6-14(17)3)12-18-22-19(23-26-18)15-7-9-16(21)10-8-15/h5-11H,4,12H2,1-3H3. The first-order chi connectivity index (χ1) is 12.5. The van der Waals surface area contributed by atoms with Crippen LogP contribution >= 0.6 is 11.6 Å². The minimum Gasteiger partial charge on any atom is -0.337 e. The number of carbonyl (C=O) groups is 1. The van der Waals surface area contributed by atoms with Crippen LogP contribution in [0.2, 0.25) is 5.02 Å². The molecule has 3 aromatic rings. The molecule has 1 aromatic heterocycles. The van der Waals surface area contributed by atoms with Gasteiger partial charge in [0.15, 0.2) is 0 Å². The van der Waals surface area contributed by atoms with Crippen LogP contribution in [0, 0.1) is 13.8 Å². The molecule has 0 atom stereocenters. The topological polar surface area (TPSA) is 59.2 Å². The molecular weight excluding hydrogens is 350 g/mol. The molecule has 3 rings (SSSR count). The number of nitrogens with zero attached hydrogens (tertiary/aromatic N) is 3. The van der Waals surface area contributed by atoms with E-state index in [1.54, 1.807) is 17.0 Å². The predicted molar refractivity (Wildman–Crippen MR) is 101 cm³/mol. The third-order valence-electron chi connectivity index (χ3n) is 4.19. The number of carbonyl (C=O) groups excluding carboxylic acids is 1. The fourth-order valence-corrected chi connectivity index (χ4v) is 2.79. The Morgan fingerprint density at radius 2 is 1.88 bits per heavy atom. The number of hydrogen-bond donors (Lipinski definition) is 0. The molecule has 0 bridgehead atoms. The molecule has 0 aliphatic rings. The number of aryl methyl sites for hydroxylation is 2. The van der Waals surface area contributed by atoms with Crippen molar-refractivity contribution in [2.75, 3.05) is 6.54 Å². The first-order valence-electron chi connectivity index (χ1n) is 8.43. The lowest BCUT2D eigenvalue weighted by Gasteiger charge is -2.20. The molecule has 2 aromatic carbocycles. The second-order valence-electron chi connectivity index (χ2n) is 6.16. The van der Waals surface area contributed by atoms with Gasteiger partial charge in [-0.1, -0.05) is 34.5 Å². The molecule has 0 saturated heterocycles. The Morgan fingerprint density at radius 3 is 2.58 bits per heavy atom. The molecule has 0 saturated carbocycles. The lowest BCUT2D eigenvalue weighted by molar-refractivity contribution is 0.0733. The van der Waals surface area contributed by atoms with Crippen molar-refractivity contribution in [3.63, 3.8) is 0 Å². The largest absolute Gasteiger partial charge is 0.337 e. The van der Waals surface area contributed by atoms with E-state index in [0.717, 1.165) is 16.7 Å². The van der Waals surface area contributed by atoms with E-state index in [9.17, 15) is 4.79 Å². The highest BCUT2D eigenvalue weighted by atomic mass is 35.5. The molecule has 0 radical (unpaired) electrons. The fourth-order valence-electron chi connectivity index (χ4n) is 2.66. The average Bonchev–Trinajstić information content (AvgIpc) is 3.10. The van der Waals surface area contributed by atoms with Gasteiger partial charge < -0.3 is 9.42 Å². The summed E-state index contributed by atoms with van der Waals surface area (Å²) in [5, 5.41) is 4.65. The van der Waals surface area contributed by atoms with E-state index in [4.69, 9.17) is 16.1 Å². The maximum atomic E-state index is 12.9. The van der Waals surface area contributed by atoms with Crippen molar-refractivity contribution in [1.82, 2.24) is 15.0 Å². The van der Waals surface area contributed by atoms with E-state index in [2.05, 4.69) is 10.1 Å². The molecule has 134 valence electrons. The van der Waals surface area contributed by atoms with Gasteiger partial charge in [0.25, 0.3) is 5.91 Å². The lowest BCUT2D eigenvalue weighted by atomic mass is 10.0. The third-order valence-corrected chi connectivity index (χ3v) is 4.44. The molecule has 0 fully saturated rings. The Balaban J connectivity index is 1.79. The zero-order valence-corrected chi connectivity index (χ0v) is 15.7. The van der Waals surface area contributed by atoms with Gasteiger partial charge in [-0.2, -0.15) is 4.98 Å². The summed E-state index contributed by atoms with van der Waals surface area (Å²) in [6.45, 7) is 6.66. The van der Waals surface area contributed by atoms with Crippen LogP contribution in [0.1, 0.15) is 34.3 Å². The SMILES string of the molecule is CCN(Cc1nc(-c2ccc(Cl)cc2)no1)C(=O)c1cc(C)ccc1C. The molecule has 0 N–H and O–H groups in total. The van der Waals surface area contributed by atoms with Crippen LogP contribution in [0.15, 0.2) is 47.0 Å². The summed E-state index contributed by atoms with van der Waals surface area (Å²) in [5.74, 6) is 0.835. The van der Waals surface area contributed by atoms with Gasteiger partial charge in [0.2, 0.25) is 11.7 Å². The van der Waals surface area contributed by atoms with Crippen LogP contribution < -0.4 is 0 Å². The van der Waals surface area contributed by atoms with E-state index >= 15 is 0 Å². The highest BCUT2D eigenvalue weighted by Gasteiger charge is 2.19. The van der Waals surface area contributed by atoms with Crippen molar-refractivity contribution < 1.29 is 9.32 Å². The van der Waals surface area contributed by atoms with E-state index in [0.29, 0.717) is 28.8 Å². The second-order valence-corrected chi connectivity index (χ2v) is 6.59. The van der Waals surface area contributed by atoms with Gasteiger partial charge in [-0.25, -0.2) is 0 Å². The molecular formula is C20H20ClN3O2. The highest BCUT2D eigenvalue weighted by Crippen LogP contribution is 2.20. The molecule has 26 heavy (non-hydrogen) atoms. The Bertz CT molecular complexity index is 919. The number of hydrogen-bond acceptors (Lipinski definition) is 4. The van der Waals surface area contributed by atoms with Crippen molar-refractivity contribution in [1.29, 1.82) is 0 Å². The monoisotopic (exact) mass is 369 g/mol. The molecule has 1 amide bonds. The minimum atomic E-state index is -0.0417. The van der Waals surface area contributed by atoms with Crippen LogP contribution in [0.4, 0.5) is 0 Å². The maximum Gasteiger partial charge on any atom is 0.254 e. The first kappa shape index (κ1) is 18.1. The minimum absolute atomic E-state index is 0.0417. The molecule has 5 nitrogen and oxygen atoms in total. The van der Waals surface area contributed by atoms with Crippen LogP contribution in [0.3, 0.4) is 0 Å². The quantitative estimate of drug-likeness (QED) is 0.655. The summed E-state index contributed by atoms with van der Waals surface area (Å²) in [6, 6.07) is 13.1. The highest BCUT2D eigenvalue weighted by molar-refractivity contribution is 6.30. The second kappa shape index (κ2) is 7.70. The number of amides is 1. The Labute approximate surface area is 157 Å². The first-order valence-corrected chi connectivity index (χ1v) is 8.80. The lowest BCUT2D eigenvalue weighted by Crippen LogP contribution is -2.31. The number of halogens is 1. The van der Waals surface area contributed by atoms with Gasteiger partial charge in [-0.15, -0.1) is 0 Å². The summed E-state index contributed by atoms with van der Waals surface area (Å²) in [5.41, 5.74) is 3.52. The smallest absolute Gasteiger partial charge is 0.254 e. The van der Waals surface area contributed by atoms with Crippen LogP contribution in [0.25, 0.3) is 11.4 Å². The maximum absolute atomic E-state index is 12.9. The van der Waals surface area contributed by atoms with Crippen molar-refractivity contribution in [2.24, 2.45) is 0 Å². The fraction of sp³-hybridized carbons (Fsp3) is 0.250. The zero-order valence-electron chi connectivity index (χ0n) is 15.0. The van der Waals surface area contributed by atoms with E-state index in [1.807, 2.05) is 51.1 Å². The van der Waals surface area contributed by atoms with E-state index in [-0.39, 0.29) is 12.5 Å². The third kappa shape index (κ3) is 3.94. The van der Waals surface area contributed by atoms with Crippen molar-refractivity contribution in [3.8, 4) is 11.4 Å². The van der Waals surface area contributed by atoms with Gasteiger partial charge in [0, 0.05) is 22.7 Å². The van der Waals surface area contributed by atoms with Gasteiger partial charge in [0.05, 0.1) is 0 Å². The Kier molecular flexibility index (Phi) is 5.38. The van der Waals surface area contributed by atoms with Gasteiger partial charge in [0.1, 0.15) is 6.54 Å². The summed E-state index contributed by atoms with van der Waals surface area (Å²) < 4.78 is 5.33. The molecule has 0 aliphatic heterocycles. The Morgan fingerprint density at radius 1 is 1.15 bits per heavy atom. The molecule has 0 unspecified atom stereocenters. The number of aromatic nitrogens is 2. The van der Waals surface area contributed by atoms with Gasteiger partial charge in [-0.3, -0.25) is 4.79 Å². The average molecular weight is 370 g/mol. The number of rotatable bonds is 5. The molecule has 1 heterocycles. The van der Waals surface area contributed by atoms with Gasteiger partial charge >= 0.3 is 0 Å². The summed E-state index contributed by atoms with van der Waals surface area (Å²) in [7, 11) is 0. The molecule has 0 spiro atoms. The summed E-state index contributed by atoms with van der Waals surface area (Å²) in [6.07, 6.45) is 0. The normalized spacial score (nSPS) is 10.8. The van der Waals surface area contributed by atoms with Crippen LogP contribution in [-0.2, 0) is 6.54 Å². The molecule has 6 heteroatoms. The van der Waals surface area contributed by atoms with Crippen molar-refractivity contribution >= 4 is 17.5 Å². The predicted octanol–water partition coefficient (Wildman–Crippen LogP) is 4.67. The molecule has 0 aliphatic carbocycles. The summed E-state index contributed by atoms with van der Waals surface area (Å²) in [4.78, 5) is 19.0. The number of benzene rings is 2. The van der Waals surface area contributed by atoms with Crippen LogP contribution in [-0.4, -0.2) is 27.5 Å². The Hall–Kier alpha value is -2.66. The van der Waals surface area contributed by atoms with Crippen molar-refractivity contribution in [2.45, 2.75) is 27.3 Å². The van der Waals surface area contributed by atoms with Gasteiger partial charge in [-0.05, 0) is 56.7 Å².